The highest BCUT2D eigenvalue weighted by atomic mass is 16.5. The Morgan fingerprint density at radius 3 is 2.73 bits per heavy atom. The van der Waals surface area contributed by atoms with Crippen LogP contribution in [0.4, 0.5) is 11.4 Å². The Morgan fingerprint density at radius 1 is 1.23 bits per heavy atom. The zero-order valence-corrected chi connectivity index (χ0v) is 14.4. The van der Waals surface area contributed by atoms with Crippen LogP contribution in [-0.2, 0) is 9.59 Å². The summed E-state index contributed by atoms with van der Waals surface area (Å²) in [6, 6.07) is 9.79. The highest BCUT2D eigenvalue weighted by Crippen LogP contribution is 2.33. The van der Waals surface area contributed by atoms with E-state index >= 15 is 0 Å². The Labute approximate surface area is 150 Å². The summed E-state index contributed by atoms with van der Waals surface area (Å²) in [5.74, 6) is -1.53. The van der Waals surface area contributed by atoms with E-state index in [2.05, 4.69) is 5.32 Å². The average molecular weight is 354 g/mol. The standard InChI is InChI=1S/C19H18N2O5/c1-11-4-3-5-14(12(11)2)20-17(22)9-21-15-8-13(19(24)25)6-7-16(15)26-10-18(21)23/h3-8H,9-10H2,1-2H3,(H,20,22)(H,24,25). The van der Waals surface area contributed by atoms with Crippen LogP contribution in [0.3, 0.4) is 0 Å². The van der Waals surface area contributed by atoms with Crippen molar-refractivity contribution < 1.29 is 24.2 Å². The van der Waals surface area contributed by atoms with Crippen LogP contribution in [-0.4, -0.2) is 36.0 Å². The molecule has 0 saturated heterocycles. The van der Waals surface area contributed by atoms with Gasteiger partial charge in [0, 0.05) is 5.69 Å². The van der Waals surface area contributed by atoms with Gasteiger partial charge in [-0.3, -0.25) is 14.5 Å². The Morgan fingerprint density at radius 2 is 2.00 bits per heavy atom. The number of nitrogens with zero attached hydrogens (tertiary/aromatic N) is 1. The van der Waals surface area contributed by atoms with Crippen LogP contribution in [0.1, 0.15) is 21.5 Å². The number of fused-ring (bicyclic) bond motifs is 1. The van der Waals surface area contributed by atoms with Crippen LogP contribution in [0.5, 0.6) is 5.75 Å². The van der Waals surface area contributed by atoms with Gasteiger partial charge >= 0.3 is 5.97 Å². The molecule has 1 heterocycles. The molecular formula is C19H18N2O5. The lowest BCUT2D eigenvalue weighted by atomic mass is 10.1. The van der Waals surface area contributed by atoms with Crippen molar-refractivity contribution in [3.63, 3.8) is 0 Å². The molecule has 1 aliphatic heterocycles. The van der Waals surface area contributed by atoms with Gasteiger partial charge in [0.2, 0.25) is 5.91 Å². The number of aryl methyl sites for hydroxylation is 1. The van der Waals surface area contributed by atoms with Crippen molar-refractivity contribution in [1.29, 1.82) is 0 Å². The van der Waals surface area contributed by atoms with Crippen LogP contribution in [0.25, 0.3) is 0 Å². The molecule has 26 heavy (non-hydrogen) atoms. The highest BCUT2D eigenvalue weighted by molar-refractivity contribution is 6.06. The van der Waals surface area contributed by atoms with Gasteiger partial charge in [-0.15, -0.1) is 0 Å². The Kier molecular flexibility index (Phi) is 4.62. The maximum Gasteiger partial charge on any atom is 0.335 e. The number of carbonyl (C=O) groups is 3. The number of nitrogens with one attached hydrogen (secondary N) is 1. The molecule has 2 amide bonds. The molecule has 0 radical (unpaired) electrons. The Balaban J connectivity index is 1.84. The fourth-order valence-corrected chi connectivity index (χ4v) is 2.73. The largest absolute Gasteiger partial charge is 0.482 e. The Bertz CT molecular complexity index is 907. The SMILES string of the molecule is Cc1cccc(NC(=O)CN2C(=O)COc3ccc(C(=O)O)cc32)c1C. The quantitative estimate of drug-likeness (QED) is 0.879. The van der Waals surface area contributed by atoms with Crippen molar-refractivity contribution in [3.05, 3.63) is 53.1 Å². The molecule has 3 rings (SSSR count). The minimum atomic E-state index is -1.12. The van der Waals surface area contributed by atoms with E-state index in [9.17, 15) is 14.4 Å². The van der Waals surface area contributed by atoms with Gasteiger partial charge in [0.05, 0.1) is 11.3 Å². The first-order chi connectivity index (χ1) is 12.4. The molecule has 0 aromatic heterocycles. The monoisotopic (exact) mass is 354 g/mol. The second-order valence-electron chi connectivity index (χ2n) is 6.05. The van der Waals surface area contributed by atoms with Gasteiger partial charge in [0.25, 0.3) is 5.91 Å². The van der Waals surface area contributed by atoms with E-state index < -0.39 is 11.9 Å². The van der Waals surface area contributed by atoms with Gasteiger partial charge in [-0.05, 0) is 49.2 Å². The van der Waals surface area contributed by atoms with Crippen LogP contribution in [0.2, 0.25) is 0 Å². The lowest BCUT2D eigenvalue weighted by molar-refractivity contribution is -0.123. The third kappa shape index (κ3) is 3.37. The number of ether oxygens (including phenoxy) is 1. The molecule has 0 unspecified atom stereocenters. The maximum atomic E-state index is 12.5. The van der Waals surface area contributed by atoms with Crippen molar-refractivity contribution in [1.82, 2.24) is 0 Å². The zero-order valence-electron chi connectivity index (χ0n) is 14.4. The van der Waals surface area contributed by atoms with E-state index in [0.29, 0.717) is 11.4 Å². The minimum Gasteiger partial charge on any atom is -0.482 e. The average Bonchev–Trinajstić information content (AvgIpc) is 2.61. The molecule has 7 nitrogen and oxygen atoms in total. The summed E-state index contributed by atoms with van der Waals surface area (Å²) < 4.78 is 5.32. The Hall–Kier alpha value is -3.35. The molecule has 0 saturated carbocycles. The number of hydrogen-bond acceptors (Lipinski definition) is 4. The van der Waals surface area contributed by atoms with E-state index in [-0.39, 0.29) is 30.3 Å². The fourth-order valence-electron chi connectivity index (χ4n) is 2.73. The molecule has 7 heteroatoms. The predicted molar refractivity (Wildman–Crippen MR) is 95.8 cm³/mol. The van der Waals surface area contributed by atoms with Crippen molar-refractivity contribution in [2.75, 3.05) is 23.4 Å². The molecule has 134 valence electrons. The van der Waals surface area contributed by atoms with Crippen LogP contribution in [0, 0.1) is 13.8 Å². The van der Waals surface area contributed by atoms with Gasteiger partial charge in [-0.25, -0.2) is 4.79 Å². The number of carbonyl (C=O) groups excluding carboxylic acids is 2. The number of benzene rings is 2. The maximum absolute atomic E-state index is 12.5. The van der Waals surface area contributed by atoms with E-state index in [1.165, 1.54) is 23.1 Å². The summed E-state index contributed by atoms with van der Waals surface area (Å²) >= 11 is 0. The molecule has 0 spiro atoms. The first-order valence-corrected chi connectivity index (χ1v) is 8.03. The first kappa shape index (κ1) is 17.5. The second kappa shape index (κ2) is 6.87. The lowest BCUT2D eigenvalue weighted by Crippen LogP contribution is -2.43. The topological polar surface area (TPSA) is 95.9 Å². The summed E-state index contributed by atoms with van der Waals surface area (Å²) in [6.45, 7) is 3.42. The van der Waals surface area contributed by atoms with E-state index in [1.807, 2.05) is 26.0 Å². The number of amides is 2. The summed E-state index contributed by atoms with van der Waals surface area (Å²) in [4.78, 5) is 37.1. The predicted octanol–water partition coefficient (Wildman–Crippen LogP) is 2.37. The van der Waals surface area contributed by atoms with E-state index in [4.69, 9.17) is 9.84 Å². The van der Waals surface area contributed by atoms with E-state index in [1.54, 1.807) is 6.07 Å². The van der Waals surface area contributed by atoms with Crippen LogP contribution in [0.15, 0.2) is 36.4 Å². The van der Waals surface area contributed by atoms with Crippen molar-refractivity contribution in [2.45, 2.75) is 13.8 Å². The van der Waals surface area contributed by atoms with Gasteiger partial charge < -0.3 is 15.2 Å². The fraction of sp³-hybridized carbons (Fsp3) is 0.211. The number of hydrogen-bond donors (Lipinski definition) is 2. The molecular weight excluding hydrogens is 336 g/mol. The van der Waals surface area contributed by atoms with Crippen LogP contribution < -0.4 is 15.0 Å². The molecule has 2 aromatic carbocycles. The molecule has 0 atom stereocenters. The number of anilines is 2. The third-order valence-electron chi connectivity index (χ3n) is 4.33. The normalized spacial score (nSPS) is 13.0. The molecule has 2 aromatic rings. The smallest absolute Gasteiger partial charge is 0.335 e. The van der Waals surface area contributed by atoms with Gasteiger partial charge in [0.15, 0.2) is 6.61 Å². The van der Waals surface area contributed by atoms with E-state index in [0.717, 1.165) is 11.1 Å². The molecule has 1 aliphatic rings. The molecule has 0 fully saturated rings. The summed E-state index contributed by atoms with van der Waals surface area (Å²) in [7, 11) is 0. The molecule has 2 N–H and O–H groups in total. The van der Waals surface area contributed by atoms with Crippen LogP contribution >= 0.6 is 0 Å². The number of carboxylic acid groups (broad SMARTS) is 1. The van der Waals surface area contributed by atoms with Crippen molar-refractivity contribution >= 4 is 29.2 Å². The summed E-state index contributed by atoms with van der Waals surface area (Å²) in [5.41, 5.74) is 2.96. The summed E-state index contributed by atoms with van der Waals surface area (Å²) in [5, 5.41) is 11.9. The number of rotatable bonds is 4. The highest BCUT2D eigenvalue weighted by Gasteiger charge is 2.28. The van der Waals surface area contributed by atoms with Gasteiger partial charge in [-0.1, -0.05) is 12.1 Å². The van der Waals surface area contributed by atoms with Crippen molar-refractivity contribution in [2.24, 2.45) is 0 Å². The summed E-state index contributed by atoms with van der Waals surface area (Å²) in [6.07, 6.45) is 0. The number of carboxylic acids is 1. The zero-order chi connectivity index (χ0) is 18.8. The van der Waals surface area contributed by atoms with Gasteiger partial charge in [0.1, 0.15) is 12.3 Å². The first-order valence-electron chi connectivity index (χ1n) is 8.03. The number of aromatic carboxylic acids is 1. The molecule has 0 aliphatic carbocycles. The minimum absolute atomic E-state index is 0.0157. The van der Waals surface area contributed by atoms with Gasteiger partial charge in [-0.2, -0.15) is 0 Å². The van der Waals surface area contributed by atoms with Crippen molar-refractivity contribution in [3.8, 4) is 5.75 Å². The second-order valence-corrected chi connectivity index (χ2v) is 6.05. The lowest BCUT2D eigenvalue weighted by Gasteiger charge is -2.29. The third-order valence-corrected chi connectivity index (χ3v) is 4.33. The molecule has 0 bridgehead atoms.